The molecule has 0 spiro atoms. The Morgan fingerprint density at radius 3 is 2.44 bits per heavy atom. The monoisotopic (exact) mass is 446 g/mol. The Labute approximate surface area is 191 Å². The van der Waals surface area contributed by atoms with E-state index in [-0.39, 0.29) is 12.1 Å². The highest BCUT2D eigenvalue weighted by Crippen LogP contribution is 2.36. The predicted molar refractivity (Wildman–Crippen MR) is 125 cm³/mol. The van der Waals surface area contributed by atoms with Crippen LogP contribution in [-0.2, 0) is 9.53 Å². The zero-order chi connectivity index (χ0) is 23.5. The fourth-order valence-electron chi connectivity index (χ4n) is 3.56. The second kappa shape index (κ2) is 13.0. The first-order valence-corrected chi connectivity index (χ1v) is 11.8. The number of esters is 1. The zero-order valence-electron chi connectivity index (χ0n) is 20.1. The number of benzene rings is 1. The Kier molecular flexibility index (Phi) is 10.4. The molecule has 1 aliphatic heterocycles. The van der Waals surface area contributed by atoms with Gasteiger partial charge in [0.25, 0.3) is 0 Å². The summed E-state index contributed by atoms with van der Waals surface area (Å²) in [4.78, 5) is 25.5. The summed E-state index contributed by atoms with van der Waals surface area (Å²) in [6, 6.07) is 4.59. The molecular weight excluding hydrogens is 408 g/mol. The van der Waals surface area contributed by atoms with Crippen molar-refractivity contribution in [2.24, 2.45) is 0 Å². The second-order valence-electron chi connectivity index (χ2n) is 8.18. The molecule has 0 radical (unpaired) electrons. The SMILES string of the molecule is CCCCCOc1ccc(C2NC(=O)NC(CCCC)=C2C(=O)OC(C)C)cc1OCC. The first kappa shape index (κ1) is 25.6. The van der Waals surface area contributed by atoms with Gasteiger partial charge in [-0.1, -0.05) is 39.2 Å². The van der Waals surface area contributed by atoms with Crippen LogP contribution in [0.15, 0.2) is 29.5 Å². The van der Waals surface area contributed by atoms with Crippen LogP contribution in [0.3, 0.4) is 0 Å². The lowest BCUT2D eigenvalue weighted by atomic mass is 9.93. The van der Waals surface area contributed by atoms with Crippen LogP contribution in [0, 0.1) is 0 Å². The van der Waals surface area contributed by atoms with Crippen molar-refractivity contribution in [1.29, 1.82) is 0 Å². The summed E-state index contributed by atoms with van der Waals surface area (Å²) in [5.74, 6) is 0.830. The highest BCUT2D eigenvalue weighted by atomic mass is 16.5. The summed E-state index contributed by atoms with van der Waals surface area (Å²) in [6.07, 6.45) is 5.34. The van der Waals surface area contributed by atoms with E-state index in [0.717, 1.165) is 37.7 Å². The summed E-state index contributed by atoms with van der Waals surface area (Å²) >= 11 is 0. The van der Waals surface area contributed by atoms with Crippen molar-refractivity contribution in [2.45, 2.75) is 85.3 Å². The molecule has 0 saturated heterocycles. The highest BCUT2D eigenvalue weighted by molar-refractivity contribution is 5.95. The molecule has 0 saturated carbocycles. The van der Waals surface area contributed by atoms with Crippen LogP contribution in [-0.4, -0.2) is 31.3 Å². The molecule has 7 heteroatoms. The van der Waals surface area contributed by atoms with Gasteiger partial charge in [-0.15, -0.1) is 0 Å². The van der Waals surface area contributed by atoms with E-state index in [1.54, 1.807) is 0 Å². The number of nitrogens with one attached hydrogen (secondary N) is 2. The third-order valence-corrected chi connectivity index (χ3v) is 5.10. The average molecular weight is 447 g/mol. The Balaban J connectivity index is 2.42. The van der Waals surface area contributed by atoms with Crippen molar-refractivity contribution in [3.8, 4) is 11.5 Å². The molecule has 7 nitrogen and oxygen atoms in total. The number of rotatable bonds is 13. The smallest absolute Gasteiger partial charge is 0.338 e. The van der Waals surface area contributed by atoms with Crippen LogP contribution in [0.4, 0.5) is 4.79 Å². The van der Waals surface area contributed by atoms with Crippen molar-refractivity contribution >= 4 is 12.0 Å². The highest BCUT2D eigenvalue weighted by Gasteiger charge is 2.34. The molecule has 1 atom stereocenters. The van der Waals surface area contributed by atoms with Crippen LogP contribution in [0.2, 0.25) is 0 Å². The third kappa shape index (κ3) is 7.18. The summed E-state index contributed by atoms with van der Waals surface area (Å²) in [5, 5.41) is 5.71. The summed E-state index contributed by atoms with van der Waals surface area (Å²) < 4.78 is 17.3. The lowest BCUT2D eigenvalue weighted by molar-refractivity contribution is -0.143. The lowest BCUT2D eigenvalue weighted by Gasteiger charge is -2.30. The molecule has 1 heterocycles. The molecular formula is C25H38N2O5. The third-order valence-electron chi connectivity index (χ3n) is 5.10. The van der Waals surface area contributed by atoms with Gasteiger partial charge < -0.3 is 24.8 Å². The molecule has 0 fully saturated rings. The van der Waals surface area contributed by atoms with Gasteiger partial charge in [-0.25, -0.2) is 9.59 Å². The van der Waals surface area contributed by atoms with Crippen molar-refractivity contribution in [2.75, 3.05) is 13.2 Å². The predicted octanol–water partition coefficient (Wildman–Crippen LogP) is 5.40. The van der Waals surface area contributed by atoms with E-state index in [2.05, 4.69) is 24.5 Å². The first-order chi connectivity index (χ1) is 15.4. The van der Waals surface area contributed by atoms with Crippen molar-refractivity contribution < 1.29 is 23.8 Å². The molecule has 1 aliphatic rings. The van der Waals surface area contributed by atoms with Gasteiger partial charge in [0, 0.05) is 5.70 Å². The zero-order valence-corrected chi connectivity index (χ0v) is 20.1. The first-order valence-electron chi connectivity index (χ1n) is 11.8. The van der Waals surface area contributed by atoms with E-state index < -0.39 is 12.0 Å². The van der Waals surface area contributed by atoms with Gasteiger partial charge in [0.2, 0.25) is 0 Å². The molecule has 2 amide bonds. The molecule has 2 rings (SSSR count). The summed E-state index contributed by atoms with van der Waals surface area (Å²) in [7, 11) is 0. The Bertz CT molecular complexity index is 804. The van der Waals surface area contributed by atoms with Crippen LogP contribution >= 0.6 is 0 Å². The normalized spacial score (nSPS) is 15.9. The molecule has 2 N–H and O–H groups in total. The maximum Gasteiger partial charge on any atom is 0.338 e. The molecule has 1 aromatic rings. The summed E-state index contributed by atoms with van der Waals surface area (Å²) in [5.41, 5.74) is 1.80. The van der Waals surface area contributed by atoms with E-state index >= 15 is 0 Å². The Hall–Kier alpha value is -2.70. The second-order valence-corrected chi connectivity index (χ2v) is 8.18. The van der Waals surface area contributed by atoms with Crippen LogP contribution < -0.4 is 20.1 Å². The number of hydrogen-bond donors (Lipinski definition) is 2. The fourth-order valence-corrected chi connectivity index (χ4v) is 3.56. The van der Waals surface area contributed by atoms with Gasteiger partial charge >= 0.3 is 12.0 Å². The van der Waals surface area contributed by atoms with Crippen LogP contribution in [0.5, 0.6) is 11.5 Å². The minimum Gasteiger partial charge on any atom is -0.490 e. The number of ether oxygens (including phenoxy) is 3. The standard InChI is InChI=1S/C25H38N2O5/c1-6-9-11-15-31-20-14-13-18(16-21(20)30-8-3)23-22(24(28)32-17(4)5)19(12-10-7-2)26-25(29)27-23/h13-14,16-17,23H,6-12,15H2,1-5H3,(H2,26,27,29). The van der Waals surface area contributed by atoms with Gasteiger partial charge in [-0.3, -0.25) is 0 Å². The quantitative estimate of drug-likeness (QED) is 0.313. The number of allylic oxidation sites excluding steroid dienone is 1. The topological polar surface area (TPSA) is 85.9 Å². The number of hydrogen-bond acceptors (Lipinski definition) is 5. The van der Waals surface area contributed by atoms with Gasteiger partial charge in [-0.05, 0) is 57.7 Å². The number of carbonyl (C=O) groups is 2. The van der Waals surface area contributed by atoms with E-state index in [0.29, 0.717) is 42.4 Å². The molecule has 1 aromatic carbocycles. The Morgan fingerprint density at radius 1 is 1.03 bits per heavy atom. The number of carbonyl (C=O) groups excluding carboxylic acids is 2. The average Bonchev–Trinajstić information content (AvgIpc) is 2.75. The molecule has 0 aliphatic carbocycles. The van der Waals surface area contributed by atoms with Gasteiger partial charge in [0.05, 0.1) is 30.9 Å². The molecule has 178 valence electrons. The van der Waals surface area contributed by atoms with E-state index in [1.807, 2.05) is 39.0 Å². The van der Waals surface area contributed by atoms with Crippen LogP contribution in [0.25, 0.3) is 0 Å². The van der Waals surface area contributed by atoms with E-state index in [4.69, 9.17) is 14.2 Å². The van der Waals surface area contributed by atoms with Crippen molar-refractivity contribution in [1.82, 2.24) is 10.6 Å². The maximum atomic E-state index is 13.0. The number of unbranched alkanes of at least 4 members (excludes halogenated alkanes) is 3. The molecule has 0 bridgehead atoms. The van der Waals surface area contributed by atoms with Gasteiger partial charge in [0.1, 0.15) is 0 Å². The maximum absolute atomic E-state index is 13.0. The van der Waals surface area contributed by atoms with Gasteiger partial charge in [-0.2, -0.15) is 0 Å². The van der Waals surface area contributed by atoms with Gasteiger partial charge in [0.15, 0.2) is 11.5 Å². The molecule has 0 aromatic heterocycles. The largest absolute Gasteiger partial charge is 0.490 e. The fraction of sp³-hybridized carbons (Fsp3) is 0.600. The minimum atomic E-state index is -0.629. The summed E-state index contributed by atoms with van der Waals surface area (Å²) in [6.45, 7) is 10.8. The van der Waals surface area contributed by atoms with Crippen molar-refractivity contribution in [3.63, 3.8) is 0 Å². The lowest BCUT2D eigenvalue weighted by Crippen LogP contribution is -2.46. The van der Waals surface area contributed by atoms with Crippen LogP contribution in [0.1, 0.15) is 84.7 Å². The number of amides is 2. The van der Waals surface area contributed by atoms with Crippen molar-refractivity contribution in [3.05, 3.63) is 35.0 Å². The number of urea groups is 1. The molecule has 1 unspecified atom stereocenters. The minimum absolute atomic E-state index is 0.265. The van der Waals surface area contributed by atoms with E-state index in [9.17, 15) is 9.59 Å². The Morgan fingerprint density at radius 2 is 1.78 bits per heavy atom. The van der Waals surface area contributed by atoms with E-state index in [1.165, 1.54) is 0 Å². The molecule has 32 heavy (non-hydrogen) atoms.